The molecule has 0 spiro atoms. The predicted octanol–water partition coefficient (Wildman–Crippen LogP) is 3.27. The maximum absolute atomic E-state index is 12.0. The lowest BCUT2D eigenvalue weighted by molar-refractivity contribution is 0.103. The fourth-order valence-electron chi connectivity index (χ4n) is 1.61. The quantitative estimate of drug-likeness (QED) is 0.903. The number of amides is 1. The Hall–Kier alpha value is -1.68. The van der Waals surface area contributed by atoms with E-state index in [-0.39, 0.29) is 5.91 Å². The summed E-state index contributed by atoms with van der Waals surface area (Å²) in [6.07, 6.45) is 4.29. The Morgan fingerprint density at radius 3 is 2.94 bits per heavy atom. The average Bonchev–Trinajstić information content (AvgIpc) is 2.72. The van der Waals surface area contributed by atoms with Gasteiger partial charge in [0.2, 0.25) is 0 Å². The highest BCUT2D eigenvalue weighted by Gasteiger charge is 2.11. The molecular weight excluding hydrogens is 232 g/mol. The molecule has 0 saturated carbocycles. The maximum Gasteiger partial charge on any atom is 0.265 e. The summed E-state index contributed by atoms with van der Waals surface area (Å²) in [4.78, 5) is 17.9. The summed E-state index contributed by atoms with van der Waals surface area (Å²) in [5, 5.41) is 2.83. The molecule has 0 aliphatic rings. The minimum atomic E-state index is -0.0641. The summed E-state index contributed by atoms with van der Waals surface area (Å²) in [6, 6.07) is 5.56. The molecular formula is C13H14N2OS. The van der Waals surface area contributed by atoms with E-state index in [0.717, 1.165) is 17.0 Å². The van der Waals surface area contributed by atoms with Gasteiger partial charge in [-0.2, -0.15) is 0 Å². The molecule has 4 heteroatoms. The van der Waals surface area contributed by atoms with Crippen LogP contribution in [0.2, 0.25) is 0 Å². The van der Waals surface area contributed by atoms with Crippen molar-refractivity contribution >= 4 is 22.9 Å². The van der Waals surface area contributed by atoms with E-state index in [2.05, 4.69) is 17.2 Å². The number of thiophene rings is 1. The van der Waals surface area contributed by atoms with E-state index in [4.69, 9.17) is 0 Å². The second kappa shape index (κ2) is 5.10. The van der Waals surface area contributed by atoms with Crippen molar-refractivity contribution in [1.29, 1.82) is 0 Å². The Labute approximate surface area is 105 Å². The zero-order valence-corrected chi connectivity index (χ0v) is 10.7. The first-order valence-corrected chi connectivity index (χ1v) is 6.33. The van der Waals surface area contributed by atoms with Gasteiger partial charge in [0.1, 0.15) is 0 Å². The summed E-state index contributed by atoms with van der Waals surface area (Å²) in [5.74, 6) is -0.0641. The Kier molecular flexibility index (Phi) is 3.54. The highest BCUT2D eigenvalue weighted by Crippen LogP contribution is 2.23. The standard InChI is InChI=1S/C13H14N2OS/c1-3-11-9(2)7-12(17-11)13(16)15-10-5-4-6-14-8-10/h4-8H,3H2,1-2H3,(H,15,16). The van der Waals surface area contributed by atoms with Crippen molar-refractivity contribution in [1.82, 2.24) is 4.98 Å². The molecule has 88 valence electrons. The second-order valence-corrected chi connectivity index (χ2v) is 4.90. The SMILES string of the molecule is CCc1sc(C(=O)Nc2cccnc2)cc1C. The molecule has 0 saturated heterocycles. The lowest BCUT2D eigenvalue weighted by atomic mass is 10.2. The van der Waals surface area contributed by atoms with Crippen LogP contribution in [0.5, 0.6) is 0 Å². The van der Waals surface area contributed by atoms with Crippen LogP contribution in [-0.2, 0) is 6.42 Å². The Morgan fingerprint density at radius 2 is 2.35 bits per heavy atom. The summed E-state index contributed by atoms with van der Waals surface area (Å²) in [7, 11) is 0. The van der Waals surface area contributed by atoms with Crippen LogP contribution in [0.4, 0.5) is 5.69 Å². The molecule has 3 nitrogen and oxygen atoms in total. The smallest absolute Gasteiger partial charge is 0.265 e. The van der Waals surface area contributed by atoms with Gasteiger partial charge in [0, 0.05) is 11.1 Å². The molecule has 0 aliphatic carbocycles. The topological polar surface area (TPSA) is 42.0 Å². The average molecular weight is 246 g/mol. The van der Waals surface area contributed by atoms with Gasteiger partial charge in [-0.15, -0.1) is 11.3 Å². The molecule has 1 amide bonds. The van der Waals surface area contributed by atoms with Crippen molar-refractivity contribution in [2.75, 3.05) is 5.32 Å². The summed E-state index contributed by atoms with van der Waals surface area (Å²) < 4.78 is 0. The number of carbonyl (C=O) groups is 1. The number of nitrogens with one attached hydrogen (secondary N) is 1. The molecule has 2 aromatic rings. The van der Waals surface area contributed by atoms with Gasteiger partial charge in [0.25, 0.3) is 5.91 Å². The van der Waals surface area contributed by atoms with Crippen molar-refractivity contribution in [3.05, 3.63) is 45.9 Å². The highest BCUT2D eigenvalue weighted by molar-refractivity contribution is 7.14. The molecule has 2 heterocycles. The fraction of sp³-hybridized carbons (Fsp3) is 0.231. The van der Waals surface area contributed by atoms with Crippen LogP contribution in [-0.4, -0.2) is 10.9 Å². The summed E-state index contributed by atoms with van der Waals surface area (Å²) >= 11 is 1.55. The minimum absolute atomic E-state index is 0.0641. The van der Waals surface area contributed by atoms with Crippen molar-refractivity contribution in [3.8, 4) is 0 Å². The Morgan fingerprint density at radius 1 is 1.53 bits per heavy atom. The largest absolute Gasteiger partial charge is 0.320 e. The van der Waals surface area contributed by atoms with Gasteiger partial charge in [0.15, 0.2) is 0 Å². The number of pyridine rings is 1. The van der Waals surface area contributed by atoms with E-state index in [0.29, 0.717) is 0 Å². The van der Waals surface area contributed by atoms with E-state index in [1.165, 1.54) is 10.4 Å². The zero-order chi connectivity index (χ0) is 12.3. The molecule has 2 rings (SSSR count). The van der Waals surface area contributed by atoms with E-state index in [1.807, 2.05) is 19.1 Å². The molecule has 0 atom stereocenters. The molecule has 0 aromatic carbocycles. The van der Waals surface area contributed by atoms with Crippen molar-refractivity contribution in [2.24, 2.45) is 0 Å². The van der Waals surface area contributed by atoms with Gasteiger partial charge < -0.3 is 5.32 Å². The van der Waals surface area contributed by atoms with Gasteiger partial charge in [-0.25, -0.2) is 0 Å². The normalized spacial score (nSPS) is 10.2. The minimum Gasteiger partial charge on any atom is -0.320 e. The second-order valence-electron chi connectivity index (χ2n) is 3.77. The number of hydrogen-bond acceptors (Lipinski definition) is 3. The third kappa shape index (κ3) is 2.71. The van der Waals surface area contributed by atoms with Crippen molar-refractivity contribution < 1.29 is 4.79 Å². The van der Waals surface area contributed by atoms with Crippen LogP contribution < -0.4 is 5.32 Å². The van der Waals surface area contributed by atoms with Crippen LogP contribution in [0.1, 0.15) is 27.0 Å². The van der Waals surface area contributed by atoms with Crippen LogP contribution in [0.15, 0.2) is 30.6 Å². The number of nitrogens with zero attached hydrogens (tertiary/aromatic N) is 1. The molecule has 0 radical (unpaired) electrons. The van der Waals surface area contributed by atoms with Gasteiger partial charge in [0.05, 0.1) is 16.8 Å². The maximum atomic E-state index is 12.0. The Balaban J connectivity index is 2.15. The van der Waals surface area contributed by atoms with Gasteiger partial charge in [-0.3, -0.25) is 9.78 Å². The first-order chi connectivity index (χ1) is 8.20. The zero-order valence-electron chi connectivity index (χ0n) is 9.86. The van der Waals surface area contributed by atoms with E-state index < -0.39 is 0 Å². The number of rotatable bonds is 3. The van der Waals surface area contributed by atoms with Crippen molar-refractivity contribution in [2.45, 2.75) is 20.3 Å². The van der Waals surface area contributed by atoms with Crippen molar-refractivity contribution in [3.63, 3.8) is 0 Å². The van der Waals surface area contributed by atoms with Crippen LogP contribution in [0.3, 0.4) is 0 Å². The highest BCUT2D eigenvalue weighted by atomic mass is 32.1. The monoisotopic (exact) mass is 246 g/mol. The van der Waals surface area contributed by atoms with Gasteiger partial charge in [-0.1, -0.05) is 6.92 Å². The summed E-state index contributed by atoms with van der Waals surface area (Å²) in [5.41, 5.74) is 1.91. The number of aromatic nitrogens is 1. The van der Waals surface area contributed by atoms with E-state index in [1.54, 1.807) is 29.8 Å². The molecule has 0 bridgehead atoms. The Bertz CT molecular complexity index is 519. The first kappa shape index (κ1) is 11.8. The molecule has 0 aliphatic heterocycles. The third-order valence-electron chi connectivity index (χ3n) is 2.48. The van der Waals surface area contributed by atoms with Crippen LogP contribution in [0, 0.1) is 6.92 Å². The van der Waals surface area contributed by atoms with Crippen LogP contribution in [0.25, 0.3) is 0 Å². The number of aryl methyl sites for hydroxylation is 2. The van der Waals surface area contributed by atoms with Gasteiger partial charge >= 0.3 is 0 Å². The molecule has 0 unspecified atom stereocenters. The fourth-order valence-corrected chi connectivity index (χ4v) is 2.62. The third-order valence-corrected chi connectivity index (χ3v) is 3.87. The molecule has 2 aromatic heterocycles. The molecule has 1 N–H and O–H groups in total. The summed E-state index contributed by atoms with van der Waals surface area (Å²) in [6.45, 7) is 4.14. The van der Waals surface area contributed by atoms with E-state index >= 15 is 0 Å². The lowest BCUT2D eigenvalue weighted by Crippen LogP contribution is -2.10. The lowest BCUT2D eigenvalue weighted by Gasteiger charge is -2.01. The molecule has 17 heavy (non-hydrogen) atoms. The van der Waals surface area contributed by atoms with Crippen LogP contribution >= 0.6 is 11.3 Å². The number of anilines is 1. The molecule has 0 fully saturated rings. The number of carbonyl (C=O) groups excluding carboxylic acids is 1. The van der Waals surface area contributed by atoms with E-state index in [9.17, 15) is 4.79 Å². The predicted molar refractivity (Wildman–Crippen MR) is 70.6 cm³/mol. The van der Waals surface area contributed by atoms with Gasteiger partial charge in [-0.05, 0) is 37.1 Å². The number of hydrogen-bond donors (Lipinski definition) is 1. The first-order valence-electron chi connectivity index (χ1n) is 5.51.